The molecule has 1 aliphatic rings. The van der Waals surface area contributed by atoms with Crippen molar-refractivity contribution in [2.45, 2.75) is 31.2 Å². The Morgan fingerprint density at radius 2 is 1.43 bits per heavy atom. The highest BCUT2D eigenvalue weighted by atomic mass is 32.2. The number of rotatable bonds is 2. The number of alkyl halides is 6. The Labute approximate surface area is 132 Å². The van der Waals surface area contributed by atoms with E-state index in [9.17, 15) is 31.1 Å². The number of hydrogen-bond acceptors (Lipinski definition) is 2. The number of thioether (sulfide) groups is 1. The molecule has 1 aliphatic heterocycles. The van der Waals surface area contributed by atoms with Gasteiger partial charge in [0, 0.05) is 11.6 Å². The summed E-state index contributed by atoms with van der Waals surface area (Å²) in [5, 5.41) is 2.51. The van der Waals surface area contributed by atoms with Crippen molar-refractivity contribution >= 4 is 17.7 Å². The summed E-state index contributed by atoms with van der Waals surface area (Å²) in [7, 11) is 0. The van der Waals surface area contributed by atoms with Crippen LogP contribution < -0.4 is 5.32 Å². The second kappa shape index (κ2) is 6.62. The maximum atomic E-state index is 12.8. The van der Waals surface area contributed by atoms with Gasteiger partial charge >= 0.3 is 12.4 Å². The average Bonchev–Trinajstić information content (AvgIpc) is 2.46. The van der Waals surface area contributed by atoms with Gasteiger partial charge in [-0.15, -0.1) is 0 Å². The number of carbonyl (C=O) groups excluding carboxylic acids is 1. The van der Waals surface area contributed by atoms with Crippen LogP contribution in [0.25, 0.3) is 0 Å². The molecule has 9 heteroatoms. The summed E-state index contributed by atoms with van der Waals surface area (Å²) in [6.07, 6.45) is -8.64. The fourth-order valence-electron chi connectivity index (χ4n) is 2.20. The van der Waals surface area contributed by atoms with E-state index in [1.807, 2.05) is 0 Å². The Balaban J connectivity index is 2.30. The third-order valence-electron chi connectivity index (χ3n) is 3.41. The first-order chi connectivity index (χ1) is 10.6. The highest BCUT2D eigenvalue weighted by Gasteiger charge is 2.37. The lowest BCUT2D eigenvalue weighted by Gasteiger charge is -2.23. The van der Waals surface area contributed by atoms with E-state index in [-0.39, 0.29) is 12.1 Å². The summed E-state index contributed by atoms with van der Waals surface area (Å²) in [6.45, 7) is 0. The normalized spacial score (nSPS) is 17.1. The molecule has 0 spiro atoms. The standard InChI is InChI=1S/C14H13F6NOS/c15-13(16,17)9-5-8(6-10(7-9)14(18,19)20)12(22)21-11-1-3-23-4-2-11/h5-7,11H,1-4H2,(H,21,22). The Hall–Kier alpha value is -1.38. The zero-order valence-electron chi connectivity index (χ0n) is 11.7. The second-order valence-corrected chi connectivity index (χ2v) is 6.38. The summed E-state index contributed by atoms with van der Waals surface area (Å²) in [5.74, 6) is 0.668. The summed E-state index contributed by atoms with van der Waals surface area (Å²) in [5.41, 5.74) is -3.61. The van der Waals surface area contributed by atoms with Crippen molar-refractivity contribution in [1.29, 1.82) is 0 Å². The number of hydrogen-bond donors (Lipinski definition) is 1. The first-order valence-electron chi connectivity index (χ1n) is 6.75. The second-order valence-electron chi connectivity index (χ2n) is 5.15. The van der Waals surface area contributed by atoms with Crippen LogP contribution in [0, 0.1) is 0 Å². The molecule has 1 aromatic rings. The fourth-order valence-corrected chi connectivity index (χ4v) is 3.30. The molecule has 1 aromatic carbocycles. The van der Waals surface area contributed by atoms with Gasteiger partial charge in [-0.3, -0.25) is 4.79 Å². The molecule has 128 valence electrons. The third-order valence-corrected chi connectivity index (χ3v) is 4.46. The van der Waals surface area contributed by atoms with Crippen LogP contribution in [0.4, 0.5) is 26.3 Å². The zero-order chi connectivity index (χ0) is 17.3. The highest BCUT2D eigenvalue weighted by molar-refractivity contribution is 7.99. The van der Waals surface area contributed by atoms with Crippen molar-refractivity contribution in [3.8, 4) is 0 Å². The molecule has 0 aromatic heterocycles. The summed E-state index contributed by atoms with van der Waals surface area (Å²) < 4.78 is 76.5. The third kappa shape index (κ3) is 4.79. The number of carbonyl (C=O) groups is 1. The minimum Gasteiger partial charge on any atom is -0.349 e. The molecule has 23 heavy (non-hydrogen) atoms. The van der Waals surface area contributed by atoms with Crippen LogP contribution in [-0.2, 0) is 12.4 Å². The summed E-state index contributed by atoms with van der Waals surface area (Å²) in [4.78, 5) is 12.0. The molecule has 1 heterocycles. The first kappa shape index (κ1) is 18.0. The van der Waals surface area contributed by atoms with Gasteiger partial charge in [0.1, 0.15) is 0 Å². The molecule has 0 aliphatic carbocycles. The topological polar surface area (TPSA) is 29.1 Å². The van der Waals surface area contributed by atoms with Gasteiger partial charge in [0.2, 0.25) is 0 Å². The minimum atomic E-state index is -4.96. The first-order valence-corrected chi connectivity index (χ1v) is 7.91. The quantitative estimate of drug-likeness (QED) is 0.798. The van der Waals surface area contributed by atoms with Crippen LogP contribution in [0.5, 0.6) is 0 Å². The minimum absolute atomic E-state index is 0.00797. The Morgan fingerprint density at radius 3 is 1.87 bits per heavy atom. The van der Waals surface area contributed by atoms with Gasteiger partial charge in [0.25, 0.3) is 5.91 Å². The zero-order valence-corrected chi connectivity index (χ0v) is 12.5. The van der Waals surface area contributed by atoms with Crippen molar-refractivity contribution < 1.29 is 31.1 Å². The maximum Gasteiger partial charge on any atom is 0.416 e. The van der Waals surface area contributed by atoms with Crippen LogP contribution in [0.3, 0.4) is 0 Å². The van der Waals surface area contributed by atoms with Crippen molar-refractivity contribution in [3.63, 3.8) is 0 Å². The maximum absolute atomic E-state index is 12.8. The van der Waals surface area contributed by atoms with Gasteiger partial charge in [-0.1, -0.05) is 0 Å². The van der Waals surface area contributed by atoms with Crippen molar-refractivity contribution in [2.75, 3.05) is 11.5 Å². The van der Waals surface area contributed by atoms with E-state index in [0.717, 1.165) is 11.5 Å². The molecule has 0 unspecified atom stereocenters. The molecule has 1 N–H and O–H groups in total. The average molecular weight is 357 g/mol. The number of halogens is 6. The lowest BCUT2D eigenvalue weighted by molar-refractivity contribution is -0.143. The highest BCUT2D eigenvalue weighted by Crippen LogP contribution is 2.36. The van der Waals surface area contributed by atoms with E-state index < -0.39 is 35.0 Å². The molecule has 0 saturated carbocycles. The number of nitrogens with one attached hydrogen (secondary N) is 1. The van der Waals surface area contributed by atoms with E-state index in [1.54, 1.807) is 11.8 Å². The molecule has 0 bridgehead atoms. The smallest absolute Gasteiger partial charge is 0.349 e. The molecule has 0 atom stereocenters. The lowest BCUT2D eigenvalue weighted by Crippen LogP contribution is -2.37. The Kier molecular flexibility index (Phi) is 5.17. The fraction of sp³-hybridized carbons (Fsp3) is 0.500. The SMILES string of the molecule is O=C(NC1CCSCC1)c1cc(C(F)(F)F)cc(C(F)(F)F)c1. The molecule has 2 rings (SSSR count). The molecular weight excluding hydrogens is 344 g/mol. The van der Waals surface area contributed by atoms with Gasteiger partial charge in [0.15, 0.2) is 0 Å². The molecule has 1 fully saturated rings. The number of amides is 1. The van der Waals surface area contributed by atoms with Gasteiger partial charge in [0.05, 0.1) is 11.1 Å². The monoisotopic (exact) mass is 357 g/mol. The van der Waals surface area contributed by atoms with Crippen LogP contribution in [-0.4, -0.2) is 23.5 Å². The molecule has 0 radical (unpaired) electrons. The van der Waals surface area contributed by atoms with Crippen LogP contribution in [0.1, 0.15) is 34.3 Å². The van der Waals surface area contributed by atoms with Crippen LogP contribution in [0.15, 0.2) is 18.2 Å². The van der Waals surface area contributed by atoms with Gasteiger partial charge < -0.3 is 5.32 Å². The van der Waals surface area contributed by atoms with Crippen molar-refractivity contribution in [2.24, 2.45) is 0 Å². The molecule has 1 saturated heterocycles. The largest absolute Gasteiger partial charge is 0.416 e. The predicted molar refractivity (Wildman–Crippen MR) is 74.3 cm³/mol. The van der Waals surface area contributed by atoms with E-state index in [4.69, 9.17) is 0 Å². The summed E-state index contributed by atoms with van der Waals surface area (Å²) in [6, 6.07) is 0.672. The van der Waals surface area contributed by atoms with Crippen molar-refractivity contribution in [3.05, 3.63) is 34.9 Å². The van der Waals surface area contributed by atoms with E-state index in [2.05, 4.69) is 5.32 Å². The van der Waals surface area contributed by atoms with Gasteiger partial charge in [-0.05, 0) is 42.5 Å². The Bertz CT molecular complexity index is 545. The van der Waals surface area contributed by atoms with Gasteiger partial charge in [-0.2, -0.15) is 38.1 Å². The van der Waals surface area contributed by atoms with Crippen LogP contribution >= 0.6 is 11.8 Å². The van der Waals surface area contributed by atoms with E-state index in [1.165, 1.54) is 0 Å². The van der Waals surface area contributed by atoms with Crippen molar-refractivity contribution in [1.82, 2.24) is 5.32 Å². The summed E-state index contributed by atoms with van der Waals surface area (Å²) >= 11 is 1.68. The molecule has 1 amide bonds. The molecular formula is C14H13F6NOS. The Morgan fingerprint density at radius 1 is 0.957 bits per heavy atom. The predicted octanol–water partition coefficient (Wildman–Crippen LogP) is 4.35. The van der Waals surface area contributed by atoms with E-state index >= 15 is 0 Å². The van der Waals surface area contributed by atoms with Gasteiger partial charge in [-0.25, -0.2) is 0 Å². The molecule has 2 nitrogen and oxygen atoms in total. The van der Waals surface area contributed by atoms with Crippen LogP contribution in [0.2, 0.25) is 0 Å². The van der Waals surface area contributed by atoms with E-state index in [0.29, 0.717) is 25.0 Å². The lowest BCUT2D eigenvalue weighted by atomic mass is 10.0. The number of benzene rings is 1.